The van der Waals surface area contributed by atoms with Gasteiger partial charge >= 0.3 is 5.97 Å². The molecule has 14 heavy (non-hydrogen) atoms. The summed E-state index contributed by atoms with van der Waals surface area (Å²) in [6.45, 7) is 0. The summed E-state index contributed by atoms with van der Waals surface area (Å²) in [5.41, 5.74) is 5.75. The second kappa shape index (κ2) is 5.09. The Balaban J connectivity index is 3.98. The van der Waals surface area contributed by atoms with Gasteiger partial charge in [0.1, 0.15) is 21.7 Å². The van der Waals surface area contributed by atoms with Gasteiger partial charge in [-0.25, -0.2) is 0 Å². The van der Waals surface area contributed by atoms with Crippen LogP contribution in [0.2, 0.25) is 0 Å². The first-order chi connectivity index (χ1) is 6.24. The van der Waals surface area contributed by atoms with Crippen LogP contribution in [0.4, 0.5) is 0 Å². The van der Waals surface area contributed by atoms with E-state index in [9.17, 15) is 4.79 Å². The molecular weight excluding hydrogens is 179 g/mol. The van der Waals surface area contributed by atoms with Crippen LogP contribution in [0.3, 0.4) is 0 Å². The molecule has 0 heterocycles. The average Bonchev–Trinajstić information content (AvgIpc) is 1.97. The number of hydrogen-bond donors (Lipinski definition) is 4. The molecule has 0 spiro atoms. The molecule has 0 saturated carbocycles. The summed E-state index contributed by atoms with van der Waals surface area (Å²) >= 11 is 0. The molecule has 5 N–H and O–H groups in total. The fourth-order valence-electron chi connectivity index (χ4n) is 1.21. The first-order valence-electron chi connectivity index (χ1n) is 4.56. The zero-order valence-corrected chi connectivity index (χ0v) is 8.92. The van der Waals surface area contributed by atoms with Crippen molar-refractivity contribution in [1.82, 2.24) is 5.32 Å². The average molecular weight is 195 g/mol. The normalized spacial score (nSPS) is 13.2. The predicted molar refractivity (Wildman–Crippen MR) is 64.1 cm³/mol. The monoisotopic (exact) mass is 195 g/mol. The van der Waals surface area contributed by atoms with Gasteiger partial charge < -0.3 is 16.2 Å². The molecule has 0 aliphatic heterocycles. The van der Waals surface area contributed by atoms with E-state index in [4.69, 9.17) is 16.2 Å². The predicted octanol–water partition coefficient (Wildman–Crippen LogP) is -3.74. The van der Waals surface area contributed by atoms with Crippen molar-refractivity contribution < 1.29 is 9.90 Å². The Morgan fingerprint density at radius 1 is 1.64 bits per heavy atom. The fraction of sp³-hybridized carbons (Fsp3) is 0.667. The Labute approximate surface area is 86.6 Å². The molecule has 8 heteroatoms. The third-order valence-electron chi connectivity index (χ3n) is 1.92. The molecule has 0 aliphatic rings. The van der Waals surface area contributed by atoms with E-state index in [1.165, 1.54) is 0 Å². The quantitative estimate of drug-likeness (QED) is 0.205. The van der Waals surface area contributed by atoms with Crippen LogP contribution < -0.4 is 11.1 Å². The number of carboxylic acids is 1. The number of amidine groups is 1. The molecule has 0 aromatic carbocycles. The lowest BCUT2D eigenvalue weighted by atomic mass is 9.59. The van der Waals surface area contributed by atoms with Gasteiger partial charge in [0.2, 0.25) is 0 Å². The molecule has 0 fully saturated rings. The minimum Gasteiger partial charge on any atom is -0.480 e. The van der Waals surface area contributed by atoms with E-state index in [0.29, 0.717) is 18.6 Å². The third kappa shape index (κ3) is 5.69. The summed E-state index contributed by atoms with van der Waals surface area (Å²) in [7, 11) is 5.48. The van der Waals surface area contributed by atoms with Crippen molar-refractivity contribution in [2.24, 2.45) is 5.73 Å². The number of carbonyl (C=O) groups is 1. The van der Waals surface area contributed by atoms with Gasteiger partial charge in [-0.1, -0.05) is 0 Å². The van der Waals surface area contributed by atoms with E-state index in [1.807, 2.05) is 15.7 Å². The SMILES string of the molecule is BC(=N)NC(B)(B)CC[C@H](N)C(=O)O. The lowest BCUT2D eigenvalue weighted by Gasteiger charge is -2.28. The zero-order chi connectivity index (χ0) is 11.4. The topological polar surface area (TPSA) is 99.2 Å². The Morgan fingerprint density at radius 3 is 2.50 bits per heavy atom. The summed E-state index contributed by atoms with van der Waals surface area (Å²) in [4.78, 5) is 10.5. The first kappa shape index (κ1) is 13.1. The molecular formula is C6H16B3N3O2. The van der Waals surface area contributed by atoms with Gasteiger partial charge in [-0.2, -0.15) is 0 Å². The highest BCUT2D eigenvalue weighted by molar-refractivity contribution is 6.59. The third-order valence-corrected chi connectivity index (χ3v) is 1.92. The highest BCUT2D eigenvalue weighted by atomic mass is 16.4. The Morgan fingerprint density at radius 2 is 2.14 bits per heavy atom. The molecule has 0 radical (unpaired) electrons. The van der Waals surface area contributed by atoms with Gasteiger partial charge in [0, 0.05) is 5.73 Å². The van der Waals surface area contributed by atoms with Gasteiger partial charge in [0.15, 0.2) is 7.85 Å². The standard InChI is InChI=1S/C6H16B3N3O2/c7-5(11)12-6(8,9)2-1-3(10)4(13)14/h3H,1-2,7-10H2,(H2,11,12)(H,13,14)/t3-/m0/s1. The minimum absolute atomic E-state index is 0.279. The summed E-state index contributed by atoms with van der Waals surface area (Å²) in [5, 5.41) is 18.5. The molecule has 0 bridgehead atoms. The van der Waals surface area contributed by atoms with Crippen LogP contribution >= 0.6 is 0 Å². The smallest absolute Gasteiger partial charge is 0.320 e. The second-order valence-corrected chi connectivity index (χ2v) is 4.12. The fourth-order valence-corrected chi connectivity index (χ4v) is 1.21. The van der Waals surface area contributed by atoms with Gasteiger partial charge in [0.25, 0.3) is 0 Å². The van der Waals surface area contributed by atoms with Crippen LogP contribution in [0.5, 0.6) is 0 Å². The highest BCUT2D eigenvalue weighted by Crippen LogP contribution is 2.05. The molecule has 76 valence electrons. The van der Waals surface area contributed by atoms with Crippen molar-refractivity contribution in [3.05, 3.63) is 0 Å². The molecule has 0 saturated heterocycles. The van der Waals surface area contributed by atoms with Crippen LogP contribution in [0.25, 0.3) is 0 Å². The van der Waals surface area contributed by atoms with Crippen molar-refractivity contribution in [3.8, 4) is 0 Å². The molecule has 0 aromatic rings. The minimum atomic E-state index is -0.979. The van der Waals surface area contributed by atoms with E-state index in [1.54, 1.807) is 7.85 Å². The summed E-state index contributed by atoms with van der Waals surface area (Å²) in [6.07, 6.45) is 1.03. The Bertz CT molecular complexity index is 234. The number of aliphatic carboxylic acids is 1. The number of carboxylic acid groups (broad SMARTS) is 1. The number of nitrogens with one attached hydrogen (secondary N) is 2. The van der Waals surface area contributed by atoms with Crippen LogP contribution in [0.15, 0.2) is 0 Å². The maximum absolute atomic E-state index is 10.5. The molecule has 1 atom stereocenters. The van der Waals surface area contributed by atoms with Crippen LogP contribution in [-0.2, 0) is 4.79 Å². The second-order valence-electron chi connectivity index (χ2n) is 4.12. The number of rotatable bonds is 5. The molecule has 0 amide bonds. The Kier molecular flexibility index (Phi) is 4.77. The maximum Gasteiger partial charge on any atom is 0.320 e. The Hall–Kier alpha value is -0.905. The summed E-state index contributed by atoms with van der Waals surface area (Å²) in [5.74, 6) is -0.979. The van der Waals surface area contributed by atoms with Crippen molar-refractivity contribution in [2.75, 3.05) is 0 Å². The lowest BCUT2D eigenvalue weighted by molar-refractivity contribution is -0.138. The van der Waals surface area contributed by atoms with E-state index >= 15 is 0 Å². The van der Waals surface area contributed by atoms with Crippen molar-refractivity contribution >= 4 is 35.2 Å². The zero-order valence-electron chi connectivity index (χ0n) is 8.92. The van der Waals surface area contributed by atoms with Gasteiger partial charge in [-0.05, 0) is 18.2 Å². The van der Waals surface area contributed by atoms with Crippen LogP contribution in [-0.4, -0.2) is 51.7 Å². The maximum atomic E-state index is 10.5. The van der Waals surface area contributed by atoms with Crippen LogP contribution in [0.1, 0.15) is 12.8 Å². The van der Waals surface area contributed by atoms with Crippen molar-refractivity contribution in [3.63, 3.8) is 0 Å². The number of nitrogens with two attached hydrogens (primary N) is 1. The van der Waals surface area contributed by atoms with Gasteiger partial charge in [-0.15, -0.1) is 0 Å². The van der Waals surface area contributed by atoms with Crippen LogP contribution in [0, 0.1) is 5.41 Å². The van der Waals surface area contributed by atoms with E-state index in [2.05, 4.69) is 5.32 Å². The lowest BCUT2D eigenvalue weighted by Crippen LogP contribution is -2.50. The van der Waals surface area contributed by atoms with E-state index in [0.717, 1.165) is 0 Å². The van der Waals surface area contributed by atoms with Crippen molar-refractivity contribution in [2.45, 2.75) is 24.2 Å². The highest BCUT2D eigenvalue weighted by Gasteiger charge is 2.20. The van der Waals surface area contributed by atoms with Gasteiger partial charge in [-0.3, -0.25) is 10.2 Å². The molecule has 0 rings (SSSR count). The molecule has 5 nitrogen and oxygen atoms in total. The number of hydrogen-bond acceptors (Lipinski definition) is 3. The molecule has 0 aliphatic carbocycles. The van der Waals surface area contributed by atoms with Gasteiger partial charge in [0.05, 0.1) is 0 Å². The molecule has 0 aromatic heterocycles. The summed E-state index contributed by atoms with van der Waals surface area (Å²) in [6, 6.07) is -0.817. The largest absolute Gasteiger partial charge is 0.480 e. The van der Waals surface area contributed by atoms with E-state index < -0.39 is 12.0 Å². The first-order valence-corrected chi connectivity index (χ1v) is 4.56. The van der Waals surface area contributed by atoms with E-state index in [-0.39, 0.29) is 5.34 Å². The molecule has 0 unspecified atom stereocenters. The summed E-state index contributed by atoms with van der Waals surface area (Å²) < 4.78 is 0. The van der Waals surface area contributed by atoms with Crippen molar-refractivity contribution in [1.29, 1.82) is 5.41 Å².